The number of anilines is 1. The van der Waals surface area contributed by atoms with Crippen LogP contribution in [0.25, 0.3) is 21.2 Å². The molecule has 5 rings (SSSR count). The van der Waals surface area contributed by atoms with E-state index in [2.05, 4.69) is 33.8 Å². The summed E-state index contributed by atoms with van der Waals surface area (Å²) in [6.45, 7) is 0.752. The lowest BCUT2D eigenvalue weighted by atomic mass is 9.85. The molecular formula is C26H28N4O3S. The third-order valence-electron chi connectivity index (χ3n) is 6.43. The van der Waals surface area contributed by atoms with E-state index in [1.165, 1.54) is 16.9 Å². The summed E-state index contributed by atoms with van der Waals surface area (Å²) in [5, 5.41) is 8.32. The molecule has 0 radical (unpaired) electrons. The quantitative estimate of drug-likeness (QED) is 0.407. The van der Waals surface area contributed by atoms with E-state index in [0.717, 1.165) is 53.4 Å². The highest BCUT2D eigenvalue weighted by Crippen LogP contribution is 2.30. The summed E-state index contributed by atoms with van der Waals surface area (Å²) in [4.78, 5) is 31.3. The van der Waals surface area contributed by atoms with Crippen molar-refractivity contribution in [2.75, 3.05) is 19.4 Å². The summed E-state index contributed by atoms with van der Waals surface area (Å²) in [6.07, 6.45) is 5.48. The molecule has 2 N–H and O–H groups in total. The lowest BCUT2D eigenvalue weighted by Gasteiger charge is -2.29. The van der Waals surface area contributed by atoms with Crippen LogP contribution < -0.4 is 10.6 Å². The number of hydrogen-bond donors (Lipinski definition) is 2. The van der Waals surface area contributed by atoms with E-state index >= 15 is 0 Å². The Bertz CT molecular complexity index is 1340. The van der Waals surface area contributed by atoms with Gasteiger partial charge in [0.05, 0.1) is 16.5 Å². The summed E-state index contributed by atoms with van der Waals surface area (Å²) in [5.41, 5.74) is 3.48. The monoisotopic (exact) mass is 476 g/mol. The number of hydrogen-bond acceptors (Lipinski definition) is 6. The Morgan fingerprint density at radius 1 is 1.15 bits per heavy atom. The Balaban J connectivity index is 1.19. The number of nitrogens with zero attached hydrogens (tertiary/aromatic N) is 2. The molecule has 0 bridgehead atoms. The molecule has 1 aliphatic carbocycles. The van der Waals surface area contributed by atoms with Gasteiger partial charge in [-0.15, -0.1) is 0 Å². The molecule has 8 heteroatoms. The van der Waals surface area contributed by atoms with E-state index in [-0.39, 0.29) is 17.7 Å². The molecule has 7 nitrogen and oxygen atoms in total. The zero-order valence-corrected chi connectivity index (χ0v) is 20.2. The lowest BCUT2D eigenvalue weighted by Crippen LogP contribution is -2.37. The standard InChI is InChI=1S/C26H28N4O3S/c1-30(2)25(32)19-8-9-21-23(14-19)34-26(28-21)29-24(31)18-4-3-5-20(13-18)27-15-16-6-7-17-10-11-33-22(17)12-16/h6-12,14,18,20,27H,3-5,13,15H2,1-2H3,(H,28,29,31)/t18-,20+/m1/s1. The van der Waals surface area contributed by atoms with Crippen molar-refractivity contribution < 1.29 is 14.0 Å². The first-order chi connectivity index (χ1) is 16.5. The average Bonchev–Trinajstić information content (AvgIpc) is 3.47. The maximum atomic E-state index is 13.0. The Labute approximate surface area is 202 Å². The van der Waals surface area contributed by atoms with Crippen molar-refractivity contribution in [3.63, 3.8) is 0 Å². The van der Waals surface area contributed by atoms with Gasteiger partial charge >= 0.3 is 0 Å². The molecule has 2 heterocycles. The number of rotatable bonds is 6. The second-order valence-electron chi connectivity index (χ2n) is 9.12. The molecule has 0 spiro atoms. The van der Waals surface area contributed by atoms with Gasteiger partial charge in [-0.2, -0.15) is 0 Å². The van der Waals surface area contributed by atoms with Crippen LogP contribution in [0.3, 0.4) is 0 Å². The summed E-state index contributed by atoms with van der Waals surface area (Å²) in [7, 11) is 3.46. The van der Waals surface area contributed by atoms with Crippen molar-refractivity contribution in [2.24, 2.45) is 5.92 Å². The maximum Gasteiger partial charge on any atom is 0.253 e. The third-order valence-corrected chi connectivity index (χ3v) is 7.37. The van der Waals surface area contributed by atoms with Gasteiger partial charge in [-0.1, -0.05) is 29.9 Å². The van der Waals surface area contributed by atoms with Crippen LogP contribution in [0.1, 0.15) is 41.6 Å². The van der Waals surface area contributed by atoms with Gasteiger partial charge in [0.2, 0.25) is 5.91 Å². The minimum absolute atomic E-state index is 0.0205. The first-order valence-electron chi connectivity index (χ1n) is 11.6. The van der Waals surface area contributed by atoms with Crippen molar-refractivity contribution in [3.8, 4) is 0 Å². The van der Waals surface area contributed by atoms with Gasteiger partial charge in [0.25, 0.3) is 5.91 Å². The van der Waals surface area contributed by atoms with Gasteiger partial charge in [-0.3, -0.25) is 9.59 Å². The van der Waals surface area contributed by atoms with Crippen LogP contribution >= 0.6 is 11.3 Å². The molecule has 34 heavy (non-hydrogen) atoms. The molecule has 1 aliphatic rings. The number of amides is 2. The van der Waals surface area contributed by atoms with Crippen molar-refractivity contribution in [1.82, 2.24) is 15.2 Å². The zero-order valence-electron chi connectivity index (χ0n) is 19.3. The molecule has 2 aromatic heterocycles. The molecule has 176 valence electrons. The maximum absolute atomic E-state index is 13.0. The van der Waals surface area contributed by atoms with Crippen LogP contribution in [0.2, 0.25) is 0 Å². The van der Waals surface area contributed by atoms with Crippen LogP contribution in [0.5, 0.6) is 0 Å². The number of carbonyl (C=O) groups is 2. The topological polar surface area (TPSA) is 87.5 Å². The molecular weight excluding hydrogens is 448 g/mol. The first kappa shape index (κ1) is 22.6. The summed E-state index contributed by atoms with van der Waals surface area (Å²) >= 11 is 1.40. The van der Waals surface area contributed by atoms with Crippen LogP contribution in [0.15, 0.2) is 53.1 Å². The minimum Gasteiger partial charge on any atom is -0.464 e. The van der Waals surface area contributed by atoms with E-state index in [1.807, 2.05) is 18.2 Å². The fraction of sp³-hybridized carbons (Fsp3) is 0.346. The summed E-state index contributed by atoms with van der Waals surface area (Å²) in [5.74, 6) is -0.0745. The Kier molecular flexibility index (Phi) is 6.34. The molecule has 2 aromatic carbocycles. The minimum atomic E-state index is -0.0503. The Hall–Kier alpha value is -3.23. The lowest BCUT2D eigenvalue weighted by molar-refractivity contribution is -0.121. The first-order valence-corrected chi connectivity index (χ1v) is 12.4. The molecule has 0 aliphatic heterocycles. The average molecular weight is 477 g/mol. The molecule has 0 saturated heterocycles. The highest BCUT2D eigenvalue weighted by atomic mass is 32.1. The van der Waals surface area contributed by atoms with Gasteiger partial charge in [0, 0.05) is 43.5 Å². The molecule has 2 amide bonds. The number of fused-ring (bicyclic) bond motifs is 2. The highest BCUT2D eigenvalue weighted by Gasteiger charge is 2.27. The zero-order chi connectivity index (χ0) is 23.7. The van der Waals surface area contributed by atoms with Crippen molar-refractivity contribution >= 4 is 49.5 Å². The Morgan fingerprint density at radius 2 is 2.03 bits per heavy atom. The van der Waals surface area contributed by atoms with Crippen LogP contribution in [-0.4, -0.2) is 41.8 Å². The van der Waals surface area contributed by atoms with Crippen LogP contribution in [0, 0.1) is 5.92 Å². The number of furan rings is 1. The van der Waals surface area contributed by atoms with Gasteiger partial charge < -0.3 is 20.0 Å². The predicted octanol–water partition coefficient (Wildman–Crippen LogP) is 5.03. The number of thiazole rings is 1. The third kappa shape index (κ3) is 4.83. The molecule has 1 saturated carbocycles. The molecule has 1 fully saturated rings. The van der Waals surface area contributed by atoms with Crippen molar-refractivity contribution in [3.05, 3.63) is 59.9 Å². The molecule has 0 unspecified atom stereocenters. The van der Waals surface area contributed by atoms with Crippen molar-refractivity contribution in [1.29, 1.82) is 0 Å². The van der Waals surface area contributed by atoms with Crippen LogP contribution in [-0.2, 0) is 11.3 Å². The fourth-order valence-corrected chi connectivity index (χ4v) is 5.47. The van der Waals surface area contributed by atoms with E-state index < -0.39 is 0 Å². The van der Waals surface area contributed by atoms with Crippen molar-refractivity contribution in [2.45, 2.75) is 38.3 Å². The molecule has 4 aromatic rings. The second-order valence-corrected chi connectivity index (χ2v) is 10.2. The normalized spacial score (nSPS) is 18.3. The predicted molar refractivity (Wildman–Crippen MR) is 135 cm³/mol. The number of aromatic nitrogens is 1. The largest absolute Gasteiger partial charge is 0.464 e. The van der Waals surface area contributed by atoms with Gasteiger partial charge in [0.15, 0.2) is 5.13 Å². The van der Waals surface area contributed by atoms with E-state index in [9.17, 15) is 9.59 Å². The Morgan fingerprint density at radius 3 is 2.88 bits per heavy atom. The van der Waals surface area contributed by atoms with E-state index in [1.54, 1.807) is 31.3 Å². The summed E-state index contributed by atoms with van der Waals surface area (Å²) < 4.78 is 6.39. The fourth-order valence-electron chi connectivity index (χ4n) is 4.56. The van der Waals surface area contributed by atoms with Crippen LogP contribution in [0.4, 0.5) is 5.13 Å². The SMILES string of the molecule is CN(C)C(=O)c1ccc2nc(NC(=O)[C@@H]3CCC[C@H](NCc4ccc5ccoc5c4)C3)sc2c1. The van der Waals surface area contributed by atoms with Gasteiger partial charge in [0.1, 0.15) is 5.58 Å². The summed E-state index contributed by atoms with van der Waals surface area (Å²) in [6, 6.07) is 14.0. The number of carbonyl (C=O) groups excluding carboxylic acids is 2. The number of nitrogens with one attached hydrogen (secondary N) is 2. The van der Waals surface area contributed by atoms with E-state index in [4.69, 9.17) is 4.42 Å². The van der Waals surface area contributed by atoms with Gasteiger partial charge in [-0.05, 0) is 55.2 Å². The number of benzene rings is 2. The highest BCUT2D eigenvalue weighted by molar-refractivity contribution is 7.22. The second kappa shape index (κ2) is 9.56. The smallest absolute Gasteiger partial charge is 0.253 e. The molecule has 2 atom stereocenters. The van der Waals surface area contributed by atoms with Gasteiger partial charge in [-0.25, -0.2) is 4.98 Å². The van der Waals surface area contributed by atoms with E-state index in [0.29, 0.717) is 16.7 Å².